The van der Waals surface area contributed by atoms with Gasteiger partial charge >= 0.3 is 0 Å². The zero-order valence-electron chi connectivity index (χ0n) is 13.0. The van der Waals surface area contributed by atoms with E-state index >= 15 is 0 Å². The number of benzene rings is 2. The number of ether oxygens (including phenoxy) is 1. The molecular formula is C19H21NO2. The maximum Gasteiger partial charge on any atom is 0.244 e. The summed E-state index contributed by atoms with van der Waals surface area (Å²) in [6.45, 7) is 2.62. The van der Waals surface area contributed by atoms with E-state index in [0.717, 1.165) is 23.3 Å². The number of amides is 1. The summed E-state index contributed by atoms with van der Waals surface area (Å²) in [5.41, 5.74) is 3.35. The van der Waals surface area contributed by atoms with Crippen LogP contribution < -0.4 is 10.1 Å². The van der Waals surface area contributed by atoms with Gasteiger partial charge < -0.3 is 10.1 Å². The number of rotatable bonds is 6. The molecule has 0 spiro atoms. The van der Waals surface area contributed by atoms with Crippen LogP contribution in [0, 0.1) is 0 Å². The van der Waals surface area contributed by atoms with E-state index in [-0.39, 0.29) is 5.91 Å². The first-order chi connectivity index (χ1) is 10.7. The van der Waals surface area contributed by atoms with Gasteiger partial charge in [0.2, 0.25) is 5.91 Å². The molecule has 0 aromatic heterocycles. The van der Waals surface area contributed by atoms with Crippen LogP contribution in [0.25, 0.3) is 6.08 Å². The summed E-state index contributed by atoms with van der Waals surface area (Å²) < 4.78 is 5.10. The molecule has 114 valence electrons. The molecule has 0 unspecified atom stereocenters. The van der Waals surface area contributed by atoms with Crippen LogP contribution in [0.2, 0.25) is 0 Å². The Kier molecular flexibility index (Phi) is 5.78. The minimum atomic E-state index is -0.101. The fourth-order valence-corrected chi connectivity index (χ4v) is 2.03. The van der Waals surface area contributed by atoms with Crippen molar-refractivity contribution in [2.45, 2.75) is 19.9 Å². The van der Waals surface area contributed by atoms with Crippen LogP contribution in [-0.4, -0.2) is 13.0 Å². The van der Waals surface area contributed by atoms with E-state index in [1.807, 2.05) is 42.5 Å². The normalized spacial score (nSPS) is 10.6. The van der Waals surface area contributed by atoms with Gasteiger partial charge in [-0.2, -0.15) is 0 Å². The molecule has 2 aromatic rings. The third-order valence-corrected chi connectivity index (χ3v) is 3.44. The van der Waals surface area contributed by atoms with Crippen LogP contribution in [0.1, 0.15) is 23.6 Å². The van der Waals surface area contributed by atoms with Gasteiger partial charge in [-0.1, -0.05) is 43.3 Å². The molecule has 2 aromatic carbocycles. The second kappa shape index (κ2) is 8.03. The van der Waals surface area contributed by atoms with Crippen molar-refractivity contribution in [3.05, 3.63) is 71.3 Å². The molecule has 0 heterocycles. The second-order valence-electron chi connectivity index (χ2n) is 4.99. The molecule has 22 heavy (non-hydrogen) atoms. The Morgan fingerprint density at radius 1 is 1.05 bits per heavy atom. The fourth-order valence-electron chi connectivity index (χ4n) is 2.03. The number of nitrogens with one attached hydrogen (secondary N) is 1. The topological polar surface area (TPSA) is 38.3 Å². The summed E-state index contributed by atoms with van der Waals surface area (Å²) >= 11 is 0. The van der Waals surface area contributed by atoms with Crippen LogP contribution in [-0.2, 0) is 17.8 Å². The monoisotopic (exact) mass is 295 g/mol. The Balaban J connectivity index is 1.84. The van der Waals surface area contributed by atoms with Gasteiger partial charge in [0.25, 0.3) is 0 Å². The van der Waals surface area contributed by atoms with Crippen LogP contribution >= 0.6 is 0 Å². The largest absolute Gasteiger partial charge is 0.497 e. The van der Waals surface area contributed by atoms with Crippen molar-refractivity contribution < 1.29 is 9.53 Å². The predicted molar refractivity (Wildman–Crippen MR) is 89.7 cm³/mol. The second-order valence-corrected chi connectivity index (χ2v) is 4.99. The van der Waals surface area contributed by atoms with E-state index in [4.69, 9.17) is 4.74 Å². The molecule has 1 N–H and O–H groups in total. The molecule has 2 rings (SSSR count). The highest BCUT2D eigenvalue weighted by Crippen LogP contribution is 2.11. The first kappa shape index (κ1) is 15.8. The van der Waals surface area contributed by atoms with Crippen LogP contribution in [0.4, 0.5) is 0 Å². The molecule has 0 saturated heterocycles. The van der Waals surface area contributed by atoms with Crippen molar-refractivity contribution in [2.75, 3.05) is 7.11 Å². The third kappa shape index (κ3) is 4.77. The van der Waals surface area contributed by atoms with E-state index < -0.39 is 0 Å². The van der Waals surface area contributed by atoms with Crippen molar-refractivity contribution in [1.82, 2.24) is 5.32 Å². The van der Waals surface area contributed by atoms with Gasteiger partial charge in [0.1, 0.15) is 5.75 Å². The number of methoxy groups -OCH3 is 1. The Labute approximate surface area is 131 Å². The Hall–Kier alpha value is -2.55. The smallest absolute Gasteiger partial charge is 0.244 e. The molecule has 3 heteroatoms. The molecule has 0 aliphatic carbocycles. The maximum atomic E-state index is 11.8. The average molecular weight is 295 g/mol. The Morgan fingerprint density at radius 3 is 2.27 bits per heavy atom. The zero-order valence-corrected chi connectivity index (χ0v) is 13.0. The lowest BCUT2D eigenvalue weighted by Gasteiger charge is -2.04. The van der Waals surface area contributed by atoms with Gasteiger partial charge in [-0.05, 0) is 41.3 Å². The lowest BCUT2D eigenvalue weighted by molar-refractivity contribution is -0.116. The summed E-state index contributed by atoms with van der Waals surface area (Å²) in [4.78, 5) is 11.8. The Morgan fingerprint density at radius 2 is 1.68 bits per heavy atom. The first-order valence-electron chi connectivity index (χ1n) is 7.39. The number of carbonyl (C=O) groups is 1. The maximum absolute atomic E-state index is 11.8. The van der Waals surface area contributed by atoms with E-state index in [0.29, 0.717) is 6.54 Å². The van der Waals surface area contributed by atoms with Crippen molar-refractivity contribution in [2.24, 2.45) is 0 Å². The number of hydrogen-bond donors (Lipinski definition) is 1. The van der Waals surface area contributed by atoms with Crippen molar-refractivity contribution in [3.63, 3.8) is 0 Å². The molecule has 1 amide bonds. The van der Waals surface area contributed by atoms with Gasteiger partial charge in [0.05, 0.1) is 7.11 Å². The fraction of sp³-hybridized carbons (Fsp3) is 0.211. The van der Waals surface area contributed by atoms with Gasteiger partial charge in [-0.15, -0.1) is 0 Å². The van der Waals surface area contributed by atoms with Gasteiger partial charge in [-0.25, -0.2) is 0 Å². The summed E-state index contributed by atoms with van der Waals surface area (Å²) in [7, 11) is 1.63. The highest BCUT2D eigenvalue weighted by molar-refractivity contribution is 5.91. The summed E-state index contributed by atoms with van der Waals surface area (Å²) in [5.74, 6) is 0.709. The van der Waals surface area contributed by atoms with E-state index in [1.165, 1.54) is 5.56 Å². The highest BCUT2D eigenvalue weighted by Gasteiger charge is 1.98. The summed E-state index contributed by atoms with van der Waals surface area (Å²) in [5, 5.41) is 2.86. The summed E-state index contributed by atoms with van der Waals surface area (Å²) in [6.07, 6.45) is 4.40. The molecule has 0 atom stereocenters. The van der Waals surface area contributed by atoms with Crippen molar-refractivity contribution in [3.8, 4) is 5.75 Å². The van der Waals surface area contributed by atoms with Crippen LogP contribution in [0.15, 0.2) is 54.6 Å². The van der Waals surface area contributed by atoms with Crippen molar-refractivity contribution >= 4 is 12.0 Å². The van der Waals surface area contributed by atoms with Crippen LogP contribution in [0.3, 0.4) is 0 Å². The van der Waals surface area contributed by atoms with E-state index in [2.05, 4.69) is 24.4 Å². The average Bonchev–Trinajstić information content (AvgIpc) is 2.59. The predicted octanol–water partition coefficient (Wildman–Crippen LogP) is 3.59. The lowest BCUT2D eigenvalue weighted by atomic mass is 10.1. The van der Waals surface area contributed by atoms with E-state index in [1.54, 1.807) is 13.2 Å². The number of hydrogen-bond acceptors (Lipinski definition) is 2. The number of aryl methyl sites for hydroxylation is 1. The molecule has 0 aliphatic heterocycles. The third-order valence-electron chi connectivity index (χ3n) is 3.44. The standard InChI is InChI=1S/C19H21NO2/c1-3-15-4-6-16(7-5-15)10-13-19(21)20-14-17-8-11-18(22-2)12-9-17/h4-13H,3,14H2,1-2H3,(H,20,21)/b13-10+. The zero-order chi connectivity index (χ0) is 15.8. The molecule has 0 radical (unpaired) electrons. The molecule has 0 aliphatic rings. The minimum absolute atomic E-state index is 0.101. The molecule has 0 saturated carbocycles. The Bertz CT molecular complexity index is 627. The number of carbonyl (C=O) groups excluding carboxylic acids is 1. The van der Waals surface area contributed by atoms with Crippen molar-refractivity contribution in [1.29, 1.82) is 0 Å². The van der Waals surface area contributed by atoms with Gasteiger partial charge in [0.15, 0.2) is 0 Å². The molecule has 3 nitrogen and oxygen atoms in total. The van der Waals surface area contributed by atoms with E-state index in [9.17, 15) is 4.79 Å². The molecular weight excluding hydrogens is 274 g/mol. The van der Waals surface area contributed by atoms with Gasteiger partial charge in [-0.3, -0.25) is 4.79 Å². The first-order valence-corrected chi connectivity index (χ1v) is 7.39. The lowest BCUT2D eigenvalue weighted by Crippen LogP contribution is -2.20. The quantitative estimate of drug-likeness (QED) is 0.827. The summed E-state index contributed by atoms with van der Waals surface area (Å²) in [6, 6.07) is 15.8. The molecule has 0 bridgehead atoms. The SMILES string of the molecule is CCc1ccc(/C=C/C(=O)NCc2ccc(OC)cc2)cc1. The highest BCUT2D eigenvalue weighted by atomic mass is 16.5. The van der Waals surface area contributed by atoms with Crippen LogP contribution in [0.5, 0.6) is 5.75 Å². The van der Waals surface area contributed by atoms with Gasteiger partial charge in [0, 0.05) is 12.6 Å². The minimum Gasteiger partial charge on any atom is -0.497 e. The molecule has 0 fully saturated rings.